The molecule has 2 N–H and O–H groups in total. The standard InChI is InChI=1S/C15H16N4/c16-8-2-10-19(11-4-5-11)14-7-6-13(17)15-12(14)3-1-9-18-15/h1,3,6-7,9,11H,2,4-5,10,17H2. The van der Waals surface area contributed by atoms with E-state index in [0.29, 0.717) is 18.2 Å². The van der Waals surface area contributed by atoms with Crippen LogP contribution in [0.2, 0.25) is 0 Å². The van der Waals surface area contributed by atoms with Gasteiger partial charge in [0.25, 0.3) is 0 Å². The molecule has 0 aliphatic heterocycles. The normalized spacial score (nSPS) is 14.3. The zero-order valence-corrected chi connectivity index (χ0v) is 10.7. The Morgan fingerprint density at radius 1 is 1.37 bits per heavy atom. The molecule has 1 heterocycles. The average molecular weight is 252 g/mol. The van der Waals surface area contributed by atoms with E-state index in [2.05, 4.69) is 28.1 Å². The molecule has 0 amide bonds. The molecule has 3 rings (SSSR count). The van der Waals surface area contributed by atoms with Crippen molar-refractivity contribution in [2.75, 3.05) is 17.2 Å². The van der Waals surface area contributed by atoms with Gasteiger partial charge in [0.15, 0.2) is 0 Å². The second kappa shape index (κ2) is 4.77. The maximum absolute atomic E-state index is 8.81. The number of anilines is 2. The van der Waals surface area contributed by atoms with Crippen molar-refractivity contribution in [3.63, 3.8) is 0 Å². The van der Waals surface area contributed by atoms with Gasteiger partial charge < -0.3 is 10.6 Å². The highest BCUT2D eigenvalue weighted by atomic mass is 15.2. The van der Waals surface area contributed by atoms with Crippen molar-refractivity contribution in [2.45, 2.75) is 25.3 Å². The number of hydrogen-bond acceptors (Lipinski definition) is 4. The number of rotatable bonds is 4. The Balaban J connectivity index is 2.08. The largest absolute Gasteiger partial charge is 0.397 e. The molecular weight excluding hydrogens is 236 g/mol. The topological polar surface area (TPSA) is 65.9 Å². The first-order valence-electron chi connectivity index (χ1n) is 6.58. The number of benzene rings is 1. The van der Waals surface area contributed by atoms with E-state index < -0.39 is 0 Å². The second-order valence-electron chi connectivity index (χ2n) is 4.91. The molecule has 96 valence electrons. The van der Waals surface area contributed by atoms with Crippen LogP contribution in [0.25, 0.3) is 10.9 Å². The fourth-order valence-electron chi connectivity index (χ4n) is 2.49. The molecular formula is C15H16N4. The monoisotopic (exact) mass is 252 g/mol. The van der Waals surface area contributed by atoms with Crippen LogP contribution in [-0.4, -0.2) is 17.6 Å². The molecule has 1 saturated carbocycles. The lowest BCUT2D eigenvalue weighted by atomic mass is 10.1. The van der Waals surface area contributed by atoms with E-state index in [1.165, 1.54) is 12.8 Å². The number of fused-ring (bicyclic) bond motifs is 1. The Morgan fingerprint density at radius 2 is 2.21 bits per heavy atom. The van der Waals surface area contributed by atoms with Crippen LogP contribution in [0.3, 0.4) is 0 Å². The maximum atomic E-state index is 8.81. The highest BCUT2D eigenvalue weighted by Crippen LogP contribution is 2.36. The second-order valence-corrected chi connectivity index (χ2v) is 4.91. The van der Waals surface area contributed by atoms with Crippen molar-refractivity contribution in [2.24, 2.45) is 0 Å². The molecule has 1 fully saturated rings. The van der Waals surface area contributed by atoms with E-state index in [4.69, 9.17) is 11.0 Å². The number of nitrogens with zero attached hydrogens (tertiary/aromatic N) is 3. The van der Waals surface area contributed by atoms with Gasteiger partial charge in [-0.15, -0.1) is 0 Å². The Kier molecular flexibility index (Phi) is 2.96. The van der Waals surface area contributed by atoms with Gasteiger partial charge in [-0.1, -0.05) is 0 Å². The minimum Gasteiger partial charge on any atom is -0.397 e. The van der Waals surface area contributed by atoms with Crippen molar-refractivity contribution in [3.05, 3.63) is 30.5 Å². The summed E-state index contributed by atoms with van der Waals surface area (Å²) in [6.07, 6.45) is 4.72. The Morgan fingerprint density at radius 3 is 2.95 bits per heavy atom. The molecule has 1 aliphatic carbocycles. The first kappa shape index (κ1) is 11.8. The predicted octanol–water partition coefficient (Wildman–Crippen LogP) is 2.70. The van der Waals surface area contributed by atoms with Gasteiger partial charge in [-0.05, 0) is 37.1 Å². The quantitative estimate of drug-likeness (QED) is 0.850. The summed E-state index contributed by atoms with van der Waals surface area (Å²) in [4.78, 5) is 6.69. The maximum Gasteiger partial charge on any atom is 0.0951 e. The van der Waals surface area contributed by atoms with Crippen LogP contribution in [0.15, 0.2) is 30.5 Å². The van der Waals surface area contributed by atoms with Crippen molar-refractivity contribution in [3.8, 4) is 6.07 Å². The fraction of sp³-hybridized carbons (Fsp3) is 0.333. The summed E-state index contributed by atoms with van der Waals surface area (Å²) in [5, 5.41) is 9.89. The Hall–Kier alpha value is -2.28. The molecule has 0 unspecified atom stereocenters. The highest BCUT2D eigenvalue weighted by Gasteiger charge is 2.29. The lowest BCUT2D eigenvalue weighted by Crippen LogP contribution is -2.26. The van der Waals surface area contributed by atoms with E-state index in [1.807, 2.05) is 12.1 Å². The van der Waals surface area contributed by atoms with Crippen LogP contribution in [0.4, 0.5) is 11.4 Å². The number of hydrogen-bond donors (Lipinski definition) is 1. The van der Waals surface area contributed by atoms with Crippen molar-refractivity contribution in [1.29, 1.82) is 5.26 Å². The third kappa shape index (κ3) is 2.19. The molecule has 1 aromatic carbocycles. The van der Waals surface area contributed by atoms with Gasteiger partial charge in [-0.2, -0.15) is 5.26 Å². The number of aromatic nitrogens is 1. The zero-order valence-electron chi connectivity index (χ0n) is 10.7. The van der Waals surface area contributed by atoms with Crippen molar-refractivity contribution >= 4 is 22.3 Å². The van der Waals surface area contributed by atoms with Crippen LogP contribution in [0, 0.1) is 11.3 Å². The van der Waals surface area contributed by atoms with Gasteiger partial charge in [-0.25, -0.2) is 0 Å². The van der Waals surface area contributed by atoms with Gasteiger partial charge in [-0.3, -0.25) is 4.98 Å². The van der Waals surface area contributed by atoms with Crippen LogP contribution < -0.4 is 10.6 Å². The van der Waals surface area contributed by atoms with Crippen molar-refractivity contribution < 1.29 is 0 Å². The number of pyridine rings is 1. The van der Waals surface area contributed by atoms with Gasteiger partial charge in [0.2, 0.25) is 0 Å². The molecule has 0 bridgehead atoms. The van der Waals surface area contributed by atoms with E-state index >= 15 is 0 Å². The minimum atomic E-state index is 0.544. The van der Waals surface area contributed by atoms with Gasteiger partial charge in [0, 0.05) is 29.9 Å². The lowest BCUT2D eigenvalue weighted by molar-refractivity contribution is 0.796. The molecule has 19 heavy (non-hydrogen) atoms. The Labute approximate surface area is 112 Å². The number of nitriles is 1. The summed E-state index contributed by atoms with van der Waals surface area (Å²) in [7, 11) is 0. The van der Waals surface area contributed by atoms with E-state index in [-0.39, 0.29) is 0 Å². The first-order chi connectivity index (χ1) is 9.31. The molecule has 0 spiro atoms. The summed E-state index contributed by atoms with van der Waals surface area (Å²) in [6.45, 7) is 0.773. The summed E-state index contributed by atoms with van der Waals surface area (Å²) in [5.41, 5.74) is 8.69. The van der Waals surface area contributed by atoms with Crippen LogP contribution >= 0.6 is 0 Å². The minimum absolute atomic E-state index is 0.544. The summed E-state index contributed by atoms with van der Waals surface area (Å²) in [5.74, 6) is 0. The zero-order chi connectivity index (χ0) is 13.2. The van der Waals surface area contributed by atoms with Gasteiger partial charge in [0.1, 0.15) is 0 Å². The fourth-order valence-corrected chi connectivity index (χ4v) is 2.49. The molecule has 2 aromatic rings. The lowest BCUT2D eigenvalue weighted by Gasteiger charge is -2.25. The van der Waals surface area contributed by atoms with Crippen LogP contribution in [0.5, 0.6) is 0 Å². The first-order valence-corrected chi connectivity index (χ1v) is 6.58. The van der Waals surface area contributed by atoms with Crippen molar-refractivity contribution in [1.82, 2.24) is 4.98 Å². The van der Waals surface area contributed by atoms with Crippen LogP contribution in [-0.2, 0) is 0 Å². The molecule has 1 aliphatic rings. The third-order valence-electron chi connectivity index (χ3n) is 3.54. The molecule has 4 heteroatoms. The van der Waals surface area contributed by atoms with Gasteiger partial charge >= 0.3 is 0 Å². The highest BCUT2D eigenvalue weighted by molar-refractivity contribution is 5.98. The molecule has 0 radical (unpaired) electrons. The molecule has 0 saturated heterocycles. The summed E-state index contributed by atoms with van der Waals surface area (Å²) in [6, 6.07) is 10.7. The number of nitrogens with two attached hydrogens (primary N) is 1. The number of nitrogen functional groups attached to an aromatic ring is 1. The summed E-state index contributed by atoms with van der Waals surface area (Å²) >= 11 is 0. The Bertz CT molecular complexity index is 640. The summed E-state index contributed by atoms with van der Waals surface area (Å²) < 4.78 is 0. The van der Waals surface area contributed by atoms with Crippen LogP contribution in [0.1, 0.15) is 19.3 Å². The van der Waals surface area contributed by atoms with E-state index in [0.717, 1.165) is 23.1 Å². The third-order valence-corrected chi connectivity index (χ3v) is 3.54. The molecule has 4 nitrogen and oxygen atoms in total. The smallest absolute Gasteiger partial charge is 0.0951 e. The van der Waals surface area contributed by atoms with E-state index in [1.54, 1.807) is 6.20 Å². The molecule has 1 aromatic heterocycles. The van der Waals surface area contributed by atoms with Gasteiger partial charge in [0.05, 0.1) is 23.7 Å². The molecule has 0 atom stereocenters. The SMILES string of the molecule is N#CCCN(c1ccc(N)c2ncccc12)C1CC1. The average Bonchev–Trinajstić information content (AvgIpc) is 3.26. The van der Waals surface area contributed by atoms with E-state index in [9.17, 15) is 0 Å². The predicted molar refractivity (Wildman–Crippen MR) is 76.8 cm³/mol.